The molecule has 0 spiro atoms. The van der Waals surface area contributed by atoms with E-state index >= 15 is 0 Å². The summed E-state index contributed by atoms with van der Waals surface area (Å²) in [4.78, 5) is 12.7. The fraction of sp³-hybridized carbons (Fsp3) is 0.0833. The molecular weight excluding hydrogens is 329 g/mol. The van der Waals surface area contributed by atoms with Crippen LogP contribution < -0.4 is 0 Å². The van der Waals surface area contributed by atoms with Crippen molar-refractivity contribution in [1.29, 1.82) is 0 Å². The van der Waals surface area contributed by atoms with E-state index in [2.05, 4.69) is 15.9 Å². The van der Waals surface area contributed by atoms with Crippen LogP contribution in [0.25, 0.3) is 0 Å². The van der Waals surface area contributed by atoms with E-state index in [1.165, 1.54) is 11.3 Å². The number of carbonyl (C=O) groups is 1. The third-order valence-electron chi connectivity index (χ3n) is 2.38. The first-order valence-electron chi connectivity index (χ1n) is 4.85. The van der Waals surface area contributed by atoms with E-state index in [4.69, 9.17) is 0 Å². The van der Waals surface area contributed by atoms with Crippen molar-refractivity contribution in [3.63, 3.8) is 0 Å². The molecule has 1 aromatic carbocycles. The second kappa shape index (κ2) is 4.85. The highest BCUT2D eigenvalue weighted by atomic mass is 79.9. The lowest BCUT2D eigenvalue weighted by molar-refractivity contribution is 0.103. The van der Waals surface area contributed by atoms with Crippen LogP contribution >= 0.6 is 27.3 Å². The van der Waals surface area contributed by atoms with Gasteiger partial charge in [-0.3, -0.25) is 4.79 Å². The number of halogens is 4. The summed E-state index contributed by atoms with van der Waals surface area (Å²) in [6, 6.07) is 2.97. The molecule has 0 saturated carbocycles. The van der Waals surface area contributed by atoms with Gasteiger partial charge in [0, 0.05) is 16.0 Å². The third kappa shape index (κ3) is 2.35. The molecule has 2 aromatic rings. The molecule has 0 radical (unpaired) electrons. The normalized spacial score (nSPS) is 10.7. The standard InChI is InChI=1S/C12H6BrF3OS/c1-5-7(4-10(13)18-5)12(17)6-2-8(14)11(16)9(15)3-6/h2-4H,1H3. The molecule has 0 unspecified atom stereocenters. The number of rotatable bonds is 2. The second-order valence-corrected chi connectivity index (χ2v) is 6.24. The smallest absolute Gasteiger partial charge is 0.194 e. The van der Waals surface area contributed by atoms with Gasteiger partial charge in [-0.25, -0.2) is 13.2 Å². The molecule has 1 heterocycles. The molecule has 2 rings (SSSR count). The average molecular weight is 335 g/mol. The summed E-state index contributed by atoms with van der Waals surface area (Å²) in [7, 11) is 0. The monoisotopic (exact) mass is 334 g/mol. The fourth-order valence-electron chi connectivity index (χ4n) is 1.51. The average Bonchev–Trinajstić information content (AvgIpc) is 2.63. The minimum atomic E-state index is -1.57. The van der Waals surface area contributed by atoms with Crippen LogP contribution in [0.15, 0.2) is 22.0 Å². The molecule has 94 valence electrons. The number of aryl methyl sites for hydroxylation is 1. The highest BCUT2D eigenvalue weighted by molar-refractivity contribution is 9.11. The first-order valence-corrected chi connectivity index (χ1v) is 6.46. The van der Waals surface area contributed by atoms with E-state index in [1.54, 1.807) is 13.0 Å². The van der Waals surface area contributed by atoms with Crippen LogP contribution in [0, 0.1) is 24.4 Å². The lowest BCUT2D eigenvalue weighted by Crippen LogP contribution is -2.04. The fourth-order valence-corrected chi connectivity index (χ4v) is 3.20. The van der Waals surface area contributed by atoms with Gasteiger partial charge in [-0.05, 0) is 41.1 Å². The molecule has 0 N–H and O–H groups in total. The first-order chi connectivity index (χ1) is 8.40. The van der Waals surface area contributed by atoms with Gasteiger partial charge in [-0.2, -0.15) is 0 Å². The molecule has 0 aliphatic carbocycles. The van der Waals surface area contributed by atoms with Gasteiger partial charge < -0.3 is 0 Å². The van der Waals surface area contributed by atoms with Crippen molar-refractivity contribution in [2.45, 2.75) is 6.92 Å². The van der Waals surface area contributed by atoms with E-state index in [9.17, 15) is 18.0 Å². The number of hydrogen-bond acceptors (Lipinski definition) is 2. The van der Waals surface area contributed by atoms with Crippen LogP contribution in [0.5, 0.6) is 0 Å². The van der Waals surface area contributed by atoms with Gasteiger partial charge in [0.2, 0.25) is 0 Å². The highest BCUT2D eigenvalue weighted by Gasteiger charge is 2.19. The summed E-state index contributed by atoms with van der Waals surface area (Å²) in [5.74, 6) is -4.85. The summed E-state index contributed by atoms with van der Waals surface area (Å²) in [5, 5.41) is 0. The maximum absolute atomic E-state index is 13.0. The number of thiophene rings is 1. The van der Waals surface area contributed by atoms with Gasteiger partial charge in [0.05, 0.1) is 3.79 Å². The molecule has 0 saturated heterocycles. The second-order valence-electron chi connectivity index (χ2n) is 3.60. The predicted octanol–water partition coefficient (Wildman–Crippen LogP) is 4.47. The minimum absolute atomic E-state index is 0.209. The molecule has 0 aliphatic heterocycles. The predicted molar refractivity (Wildman–Crippen MR) is 66.5 cm³/mol. The number of hydrogen-bond donors (Lipinski definition) is 0. The van der Waals surface area contributed by atoms with Gasteiger partial charge in [0.1, 0.15) is 0 Å². The van der Waals surface area contributed by atoms with Gasteiger partial charge in [0.15, 0.2) is 23.2 Å². The third-order valence-corrected chi connectivity index (χ3v) is 3.93. The molecule has 0 amide bonds. The van der Waals surface area contributed by atoms with Crippen LogP contribution in [0.4, 0.5) is 13.2 Å². The van der Waals surface area contributed by atoms with Crippen LogP contribution in [-0.2, 0) is 0 Å². The molecule has 1 nitrogen and oxygen atoms in total. The van der Waals surface area contributed by atoms with Crippen molar-refractivity contribution in [3.05, 3.63) is 55.4 Å². The topological polar surface area (TPSA) is 17.1 Å². The lowest BCUT2D eigenvalue weighted by Gasteiger charge is -2.02. The Bertz CT molecular complexity index is 613. The Kier molecular flexibility index (Phi) is 3.59. The maximum Gasteiger partial charge on any atom is 0.194 e. The summed E-state index contributed by atoms with van der Waals surface area (Å²) < 4.78 is 39.6. The molecule has 0 fully saturated rings. The van der Waals surface area contributed by atoms with E-state index in [-0.39, 0.29) is 5.56 Å². The van der Waals surface area contributed by atoms with Crippen LogP contribution in [0.3, 0.4) is 0 Å². The van der Waals surface area contributed by atoms with E-state index < -0.39 is 23.2 Å². The van der Waals surface area contributed by atoms with Crippen molar-refractivity contribution >= 4 is 33.0 Å². The minimum Gasteiger partial charge on any atom is -0.289 e. The SMILES string of the molecule is Cc1sc(Br)cc1C(=O)c1cc(F)c(F)c(F)c1. The Balaban J connectivity index is 2.50. The van der Waals surface area contributed by atoms with Crippen LogP contribution in [0.2, 0.25) is 0 Å². The van der Waals surface area contributed by atoms with Crippen molar-refractivity contribution in [2.24, 2.45) is 0 Å². The van der Waals surface area contributed by atoms with E-state index in [1.807, 2.05) is 0 Å². The molecular formula is C12H6BrF3OS. The summed E-state index contributed by atoms with van der Waals surface area (Å²) in [6.07, 6.45) is 0. The summed E-state index contributed by atoms with van der Waals surface area (Å²) >= 11 is 4.56. The van der Waals surface area contributed by atoms with E-state index in [0.29, 0.717) is 17.7 Å². The van der Waals surface area contributed by atoms with Gasteiger partial charge in [0.25, 0.3) is 0 Å². The van der Waals surface area contributed by atoms with Gasteiger partial charge >= 0.3 is 0 Å². The zero-order chi connectivity index (χ0) is 13.4. The van der Waals surface area contributed by atoms with Crippen molar-refractivity contribution in [2.75, 3.05) is 0 Å². The number of benzene rings is 1. The quantitative estimate of drug-likeness (QED) is 0.585. The van der Waals surface area contributed by atoms with Gasteiger partial charge in [-0.15, -0.1) is 11.3 Å². The van der Waals surface area contributed by atoms with E-state index in [0.717, 1.165) is 8.66 Å². The molecule has 6 heteroatoms. The van der Waals surface area contributed by atoms with Crippen molar-refractivity contribution in [3.8, 4) is 0 Å². The Labute approximate surface area is 113 Å². The summed E-state index contributed by atoms with van der Waals surface area (Å²) in [6.45, 7) is 1.72. The molecule has 0 aliphatic rings. The van der Waals surface area contributed by atoms with Crippen molar-refractivity contribution in [1.82, 2.24) is 0 Å². The van der Waals surface area contributed by atoms with Gasteiger partial charge in [-0.1, -0.05) is 0 Å². The number of ketones is 1. The molecule has 18 heavy (non-hydrogen) atoms. The summed E-state index contributed by atoms with van der Waals surface area (Å²) in [5.41, 5.74) is 0.136. The zero-order valence-electron chi connectivity index (χ0n) is 9.06. The Morgan fingerprint density at radius 3 is 2.17 bits per heavy atom. The Hall–Kier alpha value is -1.14. The van der Waals surface area contributed by atoms with Crippen LogP contribution in [0.1, 0.15) is 20.8 Å². The molecule has 0 atom stereocenters. The Morgan fingerprint density at radius 2 is 1.72 bits per heavy atom. The van der Waals surface area contributed by atoms with Crippen molar-refractivity contribution < 1.29 is 18.0 Å². The molecule has 1 aromatic heterocycles. The number of carbonyl (C=O) groups excluding carboxylic acids is 1. The largest absolute Gasteiger partial charge is 0.289 e. The first kappa shape index (κ1) is 13.3. The zero-order valence-corrected chi connectivity index (χ0v) is 11.5. The highest BCUT2D eigenvalue weighted by Crippen LogP contribution is 2.28. The Morgan fingerprint density at radius 1 is 1.17 bits per heavy atom. The maximum atomic E-state index is 13.0. The molecule has 0 bridgehead atoms. The van der Waals surface area contributed by atoms with Crippen LogP contribution in [-0.4, -0.2) is 5.78 Å². The lowest BCUT2D eigenvalue weighted by atomic mass is 10.0.